The van der Waals surface area contributed by atoms with E-state index in [1.165, 1.54) is 35.2 Å². The van der Waals surface area contributed by atoms with Crippen LogP contribution in [-0.2, 0) is 23.1 Å². The second-order valence-electron chi connectivity index (χ2n) is 14.8. The standard InChI is InChI=1S/C38H45ClN2O5/c1-23(22-44-31-11-16-40-30-10-5-7-24(2)34(30)31)17-26-18-25-19-32-33(46-36(3,4)45-32)21-29(25)37(26)12-14-38(15-13-37,35(42)43)41-28-9-6-8-27(39)20-28/h6,8-9,11,16,19-21,23-24,26,41H,5,7,10,12-15,17-18,22H2,1-4H3,(H,42,43)/t23-,24-,26+,37?,38?/m1/s1. The molecule has 244 valence electrons. The SMILES string of the molecule is C[C@@H](COc1ccnc2c1[C@H](C)CCC2)C[C@H]1Cc2cc3c(cc2C12CCC(Nc1cccc(Cl)c1)(C(=O)O)CC2)OC(C)(C)O3. The molecule has 2 heterocycles. The van der Waals surface area contributed by atoms with Gasteiger partial charge in [0.2, 0.25) is 5.79 Å². The van der Waals surface area contributed by atoms with Crippen LogP contribution in [0.15, 0.2) is 48.7 Å². The molecule has 4 aliphatic rings. The highest BCUT2D eigenvalue weighted by Crippen LogP contribution is 2.58. The molecule has 7 nitrogen and oxygen atoms in total. The van der Waals surface area contributed by atoms with Crippen LogP contribution in [0.1, 0.15) is 101 Å². The predicted octanol–water partition coefficient (Wildman–Crippen LogP) is 8.71. The number of fused-ring (bicyclic) bond motifs is 4. The minimum absolute atomic E-state index is 0.159. The number of hydrogen-bond acceptors (Lipinski definition) is 6. The summed E-state index contributed by atoms with van der Waals surface area (Å²) in [6.45, 7) is 9.07. The van der Waals surface area contributed by atoms with Crippen molar-refractivity contribution in [3.63, 3.8) is 0 Å². The van der Waals surface area contributed by atoms with Gasteiger partial charge in [0.05, 0.1) is 6.61 Å². The second kappa shape index (κ2) is 11.7. The smallest absolute Gasteiger partial charge is 0.329 e. The van der Waals surface area contributed by atoms with E-state index in [-0.39, 0.29) is 5.41 Å². The fourth-order valence-electron chi connectivity index (χ4n) is 8.82. The third-order valence-electron chi connectivity index (χ3n) is 11.1. The average Bonchev–Trinajstić information content (AvgIpc) is 3.46. The van der Waals surface area contributed by atoms with E-state index in [2.05, 4.69) is 36.3 Å². The van der Waals surface area contributed by atoms with Crippen molar-refractivity contribution in [1.29, 1.82) is 0 Å². The Hall–Kier alpha value is -3.45. The van der Waals surface area contributed by atoms with Crippen LogP contribution in [0.2, 0.25) is 5.02 Å². The van der Waals surface area contributed by atoms with Crippen LogP contribution in [0, 0.1) is 11.8 Å². The Labute approximate surface area is 277 Å². The highest BCUT2D eigenvalue weighted by Gasteiger charge is 2.55. The molecule has 7 rings (SSSR count). The summed E-state index contributed by atoms with van der Waals surface area (Å²) in [6.07, 6.45) is 9.72. The van der Waals surface area contributed by atoms with Crippen molar-refractivity contribution in [3.05, 3.63) is 76.1 Å². The van der Waals surface area contributed by atoms with E-state index in [9.17, 15) is 9.90 Å². The molecule has 46 heavy (non-hydrogen) atoms. The number of aryl methyl sites for hydroxylation is 1. The van der Waals surface area contributed by atoms with Gasteiger partial charge in [0, 0.05) is 42.0 Å². The summed E-state index contributed by atoms with van der Waals surface area (Å²) >= 11 is 6.26. The molecule has 1 aromatic heterocycles. The lowest BCUT2D eigenvalue weighted by Crippen LogP contribution is -2.53. The number of hydrogen-bond donors (Lipinski definition) is 2. The second-order valence-corrected chi connectivity index (χ2v) is 15.2. The van der Waals surface area contributed by atoms with E-state index in [1.54, 1.807) is 12.1 Å². The van der Waals surface area contributed by atoms with Crippen LogP contribution in [0.3, 0.4) is 0 Å². The first-order valence-electron chi connectivity index (χ1n) is 16.9. The summed E-state index contributed by atoms with van der Waals surface area (Å²) in [5, 5.41) is 14.5. The van der Waals surface area contributed by atoms with Gasteiger partial charge in [0.25, 0.3) is 0 Å². The lowest BCUT2D eigenvalue weighted by molar-refractivity contribution is -0.144. The molecule has 0 saturated heterocycles. The molecule has 1 saturated carbocycles. The molecule has 0 radical (unpaired) electrons. The first-order valence-corrected chi connectivity index (χ1v) is 17.3. The van der Waals surface area contributed by atoms with E-state index in [0.29, 0.717) is 42.2 Å². The molecule has 1 aliphatic heterocycles. The number of nitrogens with one attached hydrogen (secondary N) is 1. The number of aliphatic carboxylic acids is 1. The van der Waals surface area contributed by atoms with Crippen molar-refractivity contribution in [2.75, 3.05) is 11.9 Å². The molecule has 0 amide bonds. The Morgan fingerprint density at radius 2 is 1.89 bits per heavy atom. The van der Waals surface area contributed by atoms with Gasteiger partial charge in [0.1, 0.15) is 11.3 Å². The number of nitrogens with zero attached hydrogens (tertiary/aromatic N) is 1. The maximum absolute atomic E-state index is 12.9. The predicted molar refractivity (Wildman–Crippen MR) is 179 cm³/mol. The van der Waals surface area contributed by atoms with Gasteiger partial charge in [-0.1, -0.05) is 31.5 Å². The third-order valence-corrected chi connectivity index (χ3v) is 11.3. The molecular weight excluding hydrogens is 600 g/mol. The fourth-order valence-corrected chi connectivity index (χ4v) is 9.01. The van der Waals surface area contributed by atoms with E-state index < -0.39 is 17.3 Å². The lowest BCUT2D eigenvalue weighted by atomic mass is 9.59. The Kier molecular flexibility index (Phi) is 7.90. The summed E-state index contributed by atoms with van der Waals surface area (Å²) in [5.41, 5.74) is 4.57. The number of benzene rings is 2. The zero-order valence-electron chi connectivity index (χ0n) is 27.3. The number of rotatable bonds is 8. The number of aromatic nitrogens is 1. The Morgan fingerprint density at radius 1 is 1.13 bits per heavy atom. The maximum atomic E-state index is 12.9. The van der Waals surface area contributed by atoms with Gasteiger partial charge in [-0.05, 0) is 128 Å². The van der Waals surface area contributed by atoms with Crippen LogP contribution in [0.5, 0.6) is 17.2 Å². The summed E-state index contributed by atoms with van der Waals surface area (Å²) in [5.74, 6) is 2.16. The largest absolute Gasteiger partial charge is 0.493 e. The Morgan fingerprint density at radius 3 is 2.63 bits per heavy atom. The summed E-state index contributed by atoms with van der Waals surface area (Å²) in [6, 6.07) is 13.7. The number of halogens is 1. The molecule has 8 heteroatoms. The van der Waals surface area contributed by atoms with Crippen LogP contribution < -0.4 is 19.5 Å². The average molecular weight is 645 g/mol. The highest BCUT2D eigenvalue weighted by molar-refractivity contribution is 6.30. The van der Waals surface area contributed by atoms with Gasteiger partial charge in [-0.2, -0.15) is 0 Å². The van der Waals surface area contributed by atoms with E-state index in [1.807, 2.05) is 38.2 Å². The van der Waals surface area contributed by atoms with Crippen molar-refractivity contribution in [1.82, 2.24) is 4.98 Å². The number of ether oxygens (including phenoxy) is 3. The fraction of sp³-hybridized carbons (Fsp3) is 0.526. The summed E-state index contributed by atoms with van der Waals surface area (Å²) in [7, 11) is 0. The van der Waals surface area contributed by atoms with Crippen molar-refractivity contribution in [2.24, 2.45) is 11.8 Å². The minimum Gasteiger partial charge on any atom is -0.493 e. The molecule has 0 unspecified atom stereocenters. The number of carboxylic acids is 1. The number of carbonyl (C=O) groups is 1. The first kappa shape index (κ1) is 31.2. The zero-order chi connectivity index (χ0) is 32.3. The number of carboxylic acid groups (broad SMARTS) is 1. The monoisotopic (exact) mass is 644 g/mol. The topological polar surface area (TPSA) is 89.9 Å². The van der Waals surface area contributed by atoms with E-state index in [4.69, 9.17) is 25.8 Å². The van der Waals surface area contributed by atoms with E-state index >= 15 is 0 Å². The Balaban J connectivity index is 1.15. The maximum Gasteiger partial charge on any atom is 0.329 e. The molecule has 0 bridgehead atoms. The summed E-state index contributed by atoms with van der Waals surface area (Å²) < 4.78 is 18.9. The van der Waals surface area contributed by atoms with Crippen LogP contribution in [-0.4, -0.2) is 34.0 Å². The molecule has 3 aliphatic carbocycles. The first-order chi connectivity index (χ1) is 22.0. The van der Waals surface area contributed by atoms with Crippen LogP contribution in [0.25, 0.3) is 0 Å². The van der Waals surface area contributed by atoms with Gasteiger partial charge in [0.15, 0.2) is 11.5 Å². The summed E-state index contributed by atoms with van der Waals surface area (Å²) in [4.78, 5) is 17.5. The third kappa shape index (κ3) is 5.59. The van der Waals surface area contributed by atoms with Gasteiger partial charge in [-0.3, -0.25) is 4.98 Å². The van der Waals surface area contributed by atoms with Crippen molar-refractivity contribution < 1.29 is 24.1 Å². The molecular formula is C38H45ClN2O5. The Bertz CT molecular complexity index is 1650. The zero-order valence-corrected chi connectivity index (χ0v) is 28.1. The van der Waals surface area contributed by atoms with Gasteiger partial charge in [-0.25, -0.2) is 4.79 Å². The van der Waals surface area contributed by atoms with E-state index in [0.717, 1.165) is 55.0 Å². The molecule has 2 aromatic carbocycles. The van der Waals surface area contributed by atoms with Crippen LogP contribution in [0.4, 0.5) is 5.69 Å². The molecule has 3 atom stereocenters. The van der Waals surface area contributed by atoms with Crippen molar-refractivity contribution in [2.45, 2.75) is 108 Å². The van der Waals surface area contributed by atoms with Crippen molar-refractivity contribution >= 4 is 23.3 Å². The minimum atomic E-state index is -1.06. The quantitative estimate of drug-likeness (QED) is 0.253. The molecule has 1 spiro atoms. The van der Waals surface area contributed by atoms with Gasteiger partial charge >= 0.3 is 5.97 Å². The molecule has 1 fully saturated rings. The highest BCUT2D eigenvalue weighted by atomic mass is 35.5. The molecule has 2 N–H and O–H groups in total. The van der Waals surface area contributed by atoms with Gasteiger partial charge < -0.3 is 24.6 Å². The molecule has 3 aromatic rings. The normalized spacial score (nSPS) is 27.9. The van der Waals surface area contributed by atoms with Crippen LogP contribution >= 0.6 is 11.6 Å². The lowest BCUT2D eigenvalue weighted by Gasteiger charge is -2.47. The number of anilines is 1. The van der Waals surface area contributed by atoms with Crippen molar-refractivity contribution in [3.8, 4) is 17.2 Å². The number of pyridine rings is 1. The van der Waals surface area contributed by atoms with Gasteiger partial charge in [-0.15, -0.1) is 0 Å².